The van der Waals surface area contributed by atoms with Gasteiger partial charge in [0.05, 0.1) is 5.41 Å². The van der Waals surface area contributed by atoms with Crippen LogP contribution in [0.3, 0.4) is 0 Å². The van der Waals surface area contributed by atoms with Gasteiger partial charge in [-0.1, -0.05) is 12.2 Å². The summed E-state index contributed by atoms with van der Waals surface area (Å²) in [6.45, 7) is 0. The van der Waals surface area contributed by atoms with Gasteiger partial charge in [0.25, 0.3) is 0 Å². The Morgan fingerprint density at radius 3 is 2.20 bits per heavy atom. The Bertz CT molecular complexity index is 162. The van der Waals surface area contributed by atoms with Crippen molar-refractivity contribution in [3.63, 3.8) is 0 Å². The minimum atomic E-state index is -0.686. The fraction of sp³-hybridized carbons (Fsp3) is 0.500. The van der Waals surface area contributed by atoms with E-state index in [-0.39, 0.29) is 0 Å². The summed E-state index contributed by atoms with van der Waals surface area (Å²) < 4.78 is 0. The second-order valence-corrected chi connectivity index (χ2v) is 2.68. The van der Waals surface area contributed by atoms with Gasteiger partial charge < -0.3 is 9.59 Å². The van der Waals surface area contributed by atoms with Crippen molar-refractivity contribution in [2.24, 2.45) is 5.41 Å². The van der Waals surface area contributed by atoms with Crippen LogP contribution in [0.5, 0.6) is 0 Å². The zero-order valence-electron chi connectivity index (χ0n) is 5.75. The molecule has 10 heavy (non-hydrogen) atoms. The number of carbonyl (C=O) groups is 2. The van der Waals surface area contributed by atoms with Crippen LogP contribution in [-0.2, 0) is 9.59 Å². The molecule has 0 unspecified atom stereocenters. The van der Waals surface area contributed by atoms with Gasteiger partial charge in [0.15, 0.2) is 0 Å². The molecule has 0 bridgehead atoms. The van der Waals surface area contributed by atoms with Crippen LogP contribution in [0.1, 0.15) is 19.3 Å². The fourth-order valence-corrected chi connectivity index (χ4v) is 1.12. The van der Waals surface area contributed by atoms with Crippen LogP contribution < -0.4 is 0 Å². The molecule has 54 valence electrons. The third-order valence-electron chi connectivity index (χ3n) is 1.91. The van der Waals surface area contributed by atoms with Gasteiger partial charge in [0.2, 0.25) is 0 Å². The minimum absolute atomic E-state index is 0.583. The van der Waals surface area contributed by atoms with Crippen molar-refractivity contribution in [1.29, 1.82) is 0 Å². The maximum Gasteiger partial charge on any atom is 0.133 e. The van der Waals surface area contributed by atoms with Gasteiger partial charge in [-0.25, -0.2) is 0 Å². The van der Waals surface area contributed by atoms with E-state index >= 15 is 0 Å². The molecular formula is C8H10O2. The smallest absolute Gasteiger partial charge is 0.133 e. The van der Waals surface area contributed by atoms with Crippen molar-refractivity contribution in [1.82, 2.24) is 0 Å². The van der Waals surface area contributed by atoms with Crippen molar-refractivity contribution in [3.8, 4) is 0 Å². The first-order valence-electron chi connectivity index (χ1n) is 3.41. The number of hydrogen-bond donors (Lipinski definition) is 0. The minimum Gasteiger partial charge on any atom is -0.302 e. The zero-order chi connectivity index (χ0) is 7.45. The predicted octanol–water partition coefficient (Wildman–Crippen LogP) is 1.11. The summed E-state index contributed by atoms with van der Waals surface area (Å²) in [5.74, 6) is 0. The summed E-state index contributed by atoms with van der Waals surface area (Å²) in [5.41, 5.74) is -0.686. The van der Waals surface area contributed by atoms with Crippen molar-refractivity contribution in [3.05, 3.63) is 12.2 Å². The van der Waals surface area contributed by atoms with Crippen LogP contribution in [0.2, 0.25) is 0 Å². The molecule has 2 heteroatoms. The first kappa shape index (κ1) is 7.19. The maximum absolute atomic E-state index is 10.4. The molecule has 0 amide bonds. The summed E-state index contributed by atoms with van der Waals surface area (Å²) in [6, 6.07) is 0. The molecule has 0 aliphatic heterocycles. The summed E-state index contributed by atoms with van der Waals surface area (Å²) >= 11 is 0. The molecule has 0 saturated carbocycles. The second kappa shape index (κ2) is 2.78. The highest BCUT2D eigenvalue weighted by atomic mass is 16.1. The molecule has 0 radical (unpaired) electrons. The lowest BCUT2D eigenvalue weighted by atomic mass is 9.80. The highest BCUT2D eigenvalue weighted by Gasteiger charge is 2.28. The Morgan fingerprint density at radius 2 is 1.90 bits per heavy atom. The first-order valence-corrected chi connectivity index (χ1v) is 3.41. The van der Waals surface area contributed by atoms with Crippen molar-refractivity contribution in [2.45, 2.75) is 19.3 Å². The van der Waals surface area contributed by atoms with E-state index in [9.17, 15) is 9.59 Å². The number of carbonyl (C=O) groups excluding carboxylic acids is 2. The molecule has 0 atom stereocenters. The second-order valence-electron chi connectivity index (χ2n) is 2.68. The maximum atomic E-state index is 10.4. The van der Waals surface area contributed by atoms with Gasteiger partial charge in [-0.05, 0) is 19.3 Å². The number of rotatable bonds is 2. The van der Waals surface area contributed by atoms with E-state index in [1.165, 1.54) is 0 Å². The molecule has 0 saturated heterocycles. The monoisotopic (exact) mass is 138 g/mol. The molecule has 0 heterocycles. The standard InChI is InChI=1S/C8H10O2/c9-6-8(7-10)4-2-1-3-5-8/h1-2,6-7H,3-5H2. The Labute approximate surface area is 59.9 Å². The van der Waals surface area contributed by atoms with Crippen molar-refractivity contribution in [2.75, 3.05) is 0 Å². The van der Waals surface area contributed by atoms with Crippen molar-refractivity contribution < 1.29 is 9.59 Å². The molecule has 0 spiro atoms. The van der Waals surface area contributed by atoms with E-state index in [4.69, 9.17) is 0 Å². The number of allylic oxidation sites excluding steroid dienone is 2. The first-order chi connectivity index (χ1) is 4.83. The van der Waals surface area contributed by atoms with E-state index in [2.05, 4.69) is 0 Å². The molecule has 0 aromatic carbocycles. The Hall–Kier alpha value is -0.920. The molecule has 2 nitrogen and oxygen atoms in total. The van der Waals surface area contributed by atoms with Crippen LogP contribution >= 0.6 is 0 Å². The SMILES string of the molecule is O=CC1(C=O)CC=CCC1. The molecule has 1 aliphatic carbocycles. The summed E-state index contributed by atoms with van der Waals surface area (Å²) in [7, 11) is 0. The van der Waals surface area contributed by atoms with Crippen LogP contribution in [0.4, 0.5) is 0 Å². The lowest BCUT2D eigenvalue weighted by molar-refractivity contribution is -0.126. The molecular weight excluding hydrogens is 128 g/mol. The lowest BCUT2D eigenvalue weighted by Crippen LogP contribution is -2.25. The highest BCUT2D eigenvalue weighted by molar-refractivity contribution is 5.84. The fourth-order valence-electron chi connectivity index (χ4n) is 1.12. The molecule has 1 rings (SSSR count). The van der Waals surface area contributed by atoms with E-state index < -0.39 is 5.41 Å². The van der Waals surface area contributed by atoms with Crippen LogP contribution in [0.15, 0.2) is 12.2 Å². The third-order valence-corrected chi connectivity index (χ3v) is 1.91. The highest BCUT2D eigenvalue weighted by Crippen LogP contribution is 2.27. The van der Waals surface area contributed by atoms with Gasteiger partial charge in [0.1, 0.15) is 12.6 Å². The molecule has 0 aromatic rings. The quantitative estimate of drug-likeness (QED) is 0.325. The predicted molar refractivity (Wildman–Crippen MR) is 37.6 cm³/mol. The zero-order valence-corrected chi connectivity index (χ0v) is 5.75. The summed E-state index contributed by atoms with van der Waals surface area (Å²) in [5, 5.41) is 0. The largest absolute Gasteiger partial charge is 0.302 e. The molecule has 0 N–H and O–H groups in total. The number of hydrogen-bond acceptors (Lipinski definition) is 2. The van der Waals surface area contributed by atoms with E-state index in [0.717, 1.165) is 19.0 Å². The van der Waals surface area contributed by atoms with Crippen LogP contribution in [0.25, 0.3) is 0 Å². The van der Waals surface area contributed by atoms with Gasteiger partial charge in [-0.15, -0.1) is 0 Å². The van der Waals surface area contributed by atoms with Gasteiger partial charge >= 0.3 is 0 Å². The molecule has 1 aliphatic rings. The average molecular weight is 138 g/mol. The Kier molecular flexibility index (Phi) is 2.00. The van der Waals surface area contributed by atoms with E-state index in [1.54, 1.807) is 0 Å². The average Bonchev–Trinajstić information content (AvgIpc) is 2.06. The Balaban J connectivity index is 2.73. The molecule has 0 fully saturated rings. The van der Waals surface area contributed by atoms with Gasteiger partial charge in [-0.2, -0.15) is 0 Å². The van der Waals surface area contributed by atoms with Gasteiger partial charge in [-0.3, -0.25) is 0 Å². The normalized spacial score (nSPS) is 22.0. The Morgan fingerprint density at radius 1 is 1.20 bits per heavy atom. The number of aldehydes is 2. The summed E-state index contributed by atoms with van der Waals surface area (Å²) in [6.07, 6.45) is 7.54. The van der Waals surface area contributed by atoms with E-state index in [1.807, 2.05) is 12.2 Å². The van der Waals surface area contributed by atoms with Gasteiger partial charge in [0, 0.05) is 0 Å². The van der Waals surface area contributed by atoms with E-state index in [0.29, 0.717) is 12.8 Å². The third kappa shape index (κ3) is 1.15. The van der Waals surface area contributed by atoms with Crippen molar-refractivity contribution >= 4 is 12.6 Å². The topological polar surface area (TPSA) is 34.1 Å². The summed E-state index contributed by atoms with van der Waals surface area (Å²) in [4.78, 5) is 20.9. The van der Waals surface area contributed by atoms with Crippen LogP contribution in [0, 0.1) is 5.41 Å². The van der Waals surface area contributed by atoms with Crippen LogP contribution in [-0.4, -0.2) is 12.6 Å². The lowest BCUT2D eigenvalue weighted by Gasteiger charge is -2.21. The molecule has 0 aromatic heterocycles.